The second kappa shape index (κ2) is 4.97. The molecule has 1 rings (SSSR count). The van der Waals surface area contributed by atoms with Crippen molar-refractivity contribution in [1.82, 2.24) is 5.32 Å². The van der Waals surface area contributed by atoms with Crippen LogP contribution in [0.3, 0.4) is 0 Å². The first-order chi connectivity index (χ1) is 6.27. The van der Waals surface area contributed by atoms with Crippen LogP contribution in [-0.4, -0.2) is 13.6 Å². The maximum atomic E-state index is 12.9. The molecule has 0 saturated heterocycles. The molecule has 0 amide bonds. The van der Waals surface area contributed by atoms with Crippen LogP contribution in [-0.2, 0) is 12.8 Å². The minimum atomic E-state index is -0.136. The van der Waals surface area contributed by atoms with E-state index in [-0.39, 0.29) is 5.82 Å². The fraction of sp³-hybridized carbons (Fsp3) is 0.455. The lowest BCUT2D eigenvalue weighted by Crippen LogP contribution is -2.11. The summed E-state index contributed by atoms with van der Waals surface area (Å²) in [7, 11) is 1.91. The molecule has 0 atom stereocenters. The Bertz CT molecular complexity index is 271. The van der Waals surface area contributed by atoms with Crippen LogP contribution in [0.5, 0.6) is 0 Å². The Morgan fingerprint density at radius 1 is 1.31 bits per heavy atom. The van der Waals surface area contributed by atoms with E-state index < -0.39 is 0 Å². The summed E-state index contributed by atoms with van der Waals surface area (Å²) in [6.45, 7) is 2.99. The third kappa shape index (κ3) is 2.81. The van der Waals surface area contributed by atoms with Crippen LogP contribution in [0.4, 0.5) is 4.39 Å². The number of nitrogens with one attached hydrogen (secondary N) is 1. The van der Waals surface area contributed by atoms with Crippen molar-refractivity contribution in [2.45, 2.75) is 19.8 Å². The van der Waals surface area contributed by atoms with Gasteiger partial charge in [-0.3, -0.25) is 0 Å². The Morgan fingerprint density at radius 2 is 2.08 bits per heavy atom. The molecule has 0 bridgehead atoms. The summed E-state index contributed by atoms with van der Waals surface area (Å²) in [4.78, 5) is 0. The summed E-state index contributed by atoms with van der Waals surface area (Å²) in [6.07, 6.45) is 1.87. The molecule has 0 saturated carbocycles. The zero-order chi connectivity index (χ0) is 9.68. The minimum absolute atomic E-state index is 0.136. The van der Waals surface area contributed by atoms with E-state index in [9.17, 15) is 4.39 Å². The highest BCUT2D eigenvalue weighted by atomic mass is 19.1. The van der Waals surface area contributed by atoms with Gasteiger partial charge in [0, 0.05) is 0 Å². The highest BCUT2D eigenvalue weighted by Crippen LogP contribution is 2.12. The Labute approximate surface area is 79.0 Å². The van der Waals surface area contributed by atoms with Gasteiger partial charge in [-0.15, -0.1) is 0 Å². The van der Waals surface area contributed by atoms with Crippen molar-refractivity contribution in [3.8, 4) is 0 Å². The Balaban J connectivity index is 2.81. The number of likely N-dealkylation sites (N-methyl/N-ethyl adjacent to an activating group) is 1. The van der Waals surface area contributed by atoms with Crippen molar-refractivity contribution in [2.75, 3.05) is 13.6 Å². The van der Waals surface area contributed by atoms with Crippen molar-refractivity contribution in [3.63, 3.8) is 0 Å². The molecule has 72 valence electrons. The van der Waals surface area contributed by atoms with E-state index in [0.717, 1.165) is 24.9 Å². The summed E-state index contributed by atoms with van der Waals surface area (Å²) in [5.41, 5.74) is 2.37. The first-order valence-corrected chi connectivity index (χ1v) is 4.69. The fourth-order valence-electron chi connectivity index (χ4n) is 1.43. The standard InChI is InChI=1S/C11H16FN/c1-3-9-4-5-11(12)8-10(9)6-7-13-2/h4-5,8,13H,3,6-7H2,1-2H3. The minimum Gasteiger partial charge on any atom is -0.319 e. The highest BCUT2D eigenvalue weighted by Gasteiger charge is 2.01. The predicted octanol–water partition coefficient (Wildman–Crippen LogP) is 2.15. The smallest absolute Gasteiger partial charge is 0.123 e. The zero-order valence-electron chi connectivity index (χ0n) is 8.23. The summed E-state index contributed by atoms with van der Waals surface area (Å²) in [5, 5.41) is 3.06. The van der Waals surface area contributed by atoms with Gasteiger partial charge >= 0.3 is 0 Å². The molecular formula is C11H16FN. The maximum absolute atomic E-state index is 12.9. The van der Waals surface area contributed by atoms with Gasteiger partial charge in [-0.05, 0) is 49.7 Å². The third-order valence-corrected chi connectivity index (χ3v) is 2.19. The number of hydrogen-bond acceptors (Lipinski definition) is 1. The topological polar surface area (TPSA) is 12.0 Å². The molecule has 0 aliphatic carbocycles. The summed E-state index contributed by atoms with van der Waals surface area (Å²) >= 11 is 0. The molecule has 13 heavy (non-hydrogen) atoms. The molecule has 0 spiro atoms. The molecule has 1 nitrogen and oxygen atoms in total. The van der Waals surface area contributed by atoms with Crippen molar-refractivity contribution in [1.29, 1.82) is 0 Å². The number of aryl methyl sites for hydroxylation is 1. The van der Waals surface area contributed by atoms with Gasteiger partial charge in [0.25, 0.3) is 0 Å². The lowest BCUT2D eigenvalue weighted by molar-refractivity contribution is 0.623. The second-order valence-corrected chi connectivity index (χ2v) is 3.12. The molecule has 0 aliphatic heterocycles. The molecule has 0 unspecified atom stereocenters. The summed E-state index contributed by atoms with van der Waals surface area (Å²) < 4.78 is 12.9. The average Bonchev–Trinajstić information content (AvgIpc) is 2.15. The molecule has 0 aliphatic rings. The molecule has 1 aromatic carbocycles. The summed E-state index contributed by atoms with van der Waals surface area (Å²) in [6, 6.07) is 5.04. The molecule has 0 heterocycles. The molecule has 1 N–H and O–H groups in total. The molecule has 0 fully saturated rings. The van der Waals surface area contributed by atoms with Crippen LogP contribution in [0, 0.1) is 5.82 Å². The molecule has 2 heteroatoms. The van der Waals surface area contributed by atoms with E-state index in [0.29, 0.717) is 0 Å². The monoisotopic (exact) mass is 181 g/mol. The van der Waals surface area contributed by atoms with Gasteiger partial charge in [0.05, 0.1) is 0 Å². The number of rotatable bonds is 4. The zero-order valence-corrected chi connectivity index (χ0v) is 8.23. The van der Waals surface area contributed by atoms with Gasteiger partial charge in [-0.1, -0.05) is 13.0 Å². The van der Waals surface area contributed by atoms with Crippen LogP contribution in [0.1, 0.15) is 18.1 Å². The SMILES string of the molecule is CCc1ccc(F)cc1CCNC. The van der Waals surface area contributed by atoms with E-state index in [1.54, 1.807) is 6.07 Å². The van der Waals surface area contributed by atoms with Crippen LogP contribution >= 0.6 is 0 Å². The van der Waals surface area contributed by atoms with Gasteiger partial charge in [0.1, 0.15) is 5.82 Å². The lowest BCUT2D eigenvalue weighted by Gasteiger charge is -2.07. The van der Waals surface area contributed by atoms with E-state index in [1.807, 2.05) is 13.1 Å². The van der Waals surface area contributed by atoms with Crippen molar-refractivity contribution in [2.24, 2.45) is 0 Å². The molecule has 0 radical (unpaired) electrons. The molecule has 1 aromatic rings. The number of hydrogen-bond donors (Lipinski definition) is 1. The van der Waals surface area contributed by atoms with Crippen LogP contribution in [0.2, 0.25) is 0 Å². The normalized spacial score (nSPS) is 10.4. The van der Waals surface area contributed by atoms with Crippen LogP contribution in [0.15, 0.2) is 18.2 Å². The highest BCUT2D eigenvalue weighted by molar-refractivity contribution is 5.28. The molecular weight excluding hydrogens is 165 g/mol. The second-order valence-electron chi connectivity index (χ2n) is 3.12. The van der Waals surface area contributed by atoms with Gasteiger partial charge in [-0.2, -0.15) is 0 Å². The summed E-state index contributed by atoms with van der Waals surface area (Å²) in [5.74, 6) is -0.136. The van der Waals surface area contributed by atoms with Crippen LogP contribution in [0.25, 0.3) is 0 Å². The maximum Gasteiger partial charge on any atom is 0.123 e. The number of halogens is 1. The van der Waals surface area contributed by atoms with Gasteiger partial charge in [-0.25, -0.2) is 4.39 Å². The predicted molar refractivity (Wildman–Crippen MR) is 53.4 cm³/mol. The quantitative estimate of drug-likeness (QED) is 0.750. The van der Waals surface area contributed by atoms with Crippen molar-refractivity contribution >= 4 is 0 Å². The first kappa shape index (κ1) is 10.2. The molecule has 0 aromatic heterocycles. The van der Waals surface area contributed by atoms with E-state index in [1.165, 1.54) is 11.6 Å². The van der Waals surface area contributed by atoms with E-state index >= 15 is 0 Å². The Kier molecular flexibility index (Phi) is 3.90. The fourth-order valence-corrected chi connectivity index (χ4v) is 1.43. The third-order valence-electron chi connectivity index (χ3n) is 2.19. The van der Waals surface area contributed by atoms with Crippen LogP contribution < -0.4 is 5.32 Å². The van der Waals surface area contributed by atoms with E-state index in [2.05, 4.69) is 12.2 Å². The average molecular weight is 181 g/mol. The van der Waals surface area contributed by atoms with Crippen molar-refractivity contribution in [3.05, 3.63) is 35.1 Å². The van der Waals surface area contributed by atoms with Gasteiger partial charge < -0.3 is 5.32 Å². The Morgan fingerprint density at radius 3 is 2.69 bits per heavy atom. The van der Waals surface area contributed by atoms with Crippen molar-refractivity contribution < 1.29 is 4.39 Å². The van der Waals surface area contributed by atoms with Gasteiger partial charge in [0.15, 0.2) is 0 Å². The number of benzene rings is 1. The largest absolute Gasteiger partial charge is 0.319 e. The first-order valence-electron chi connectivity index (χ1n) is 4.69. The lowest BCUT2D eigenvalue weighted by atomic mass is 10.0. The van der Waals surface area contributed by atoms with Gasteiger partial charge in [0.2, 0.25) is 0 Å². The van der Waals surface area contributed by atoms with E-state index in [4.69, 9.17) is 0 Å². The Hall–Kier alpha value is -0.890.